The van der Waals surface area contributed by atoms with Crippen LogP contribution in [0.3, 0.4) is 0 Å². The molecule has 3 heterocycles. The van der Waals surface area contributed by atoms with Crippen LogP contribution >= 0.6 is 0 Å². The quantitative estimate of drug-likeness (QED) is 0.217. The van der Waals surface area contributed by atoms with Crippen LogP contribution in [0.1, 0.15) is 28.5 Å². The zero-order chi connectivity index (χ0) is 28.3. The van der Waals surface area contributed by atoms with Gasteiger partial charge in [0.15, 0.2) is 17.2 Å². The Bertz CT molecular complexity index is 1560. The molecule has 0 saturated heterocycles. The number of carbonyl (C=O) groups excluding carboxylic acids is 2. The van der Waals surface area contributed by atoms with Crippen molar-refractivity contribution in [2.24, 2.45) is 0 Å². The highest BCUT2D eigenvalue weighted by Crippen LogP contribution is 2.37. The molecule has 1 unspecified atom stereocenters. The lowest BCUT2D eigenvalue weighted by atomic mass is 10.1. The first-order chi connectivity index (χ1) is 18.5. The lowest BCUT2D eigenvalue weighted by Gasteiger charge is -2.16. The van der Waals surface area contributed by atoms with Gasteiger partial charge in [0.1, 0.15) is 12.4 Å². The summed E-state index contributed by atoms with van der Waals surface area (Å²) in [5.41, 5.74) is -0.904. The Hall–Kier alpha value is -5.00. The highest BCUT2D eigenvalue weighted by atomic mass is 19.4. The van der Waals surface area contributed by atoms with Crippen molar-refractivity contribution in [3.63, 3.8) is 0 Å². The largest absolute Gasteiger partial charge is 0.435 e. The number of nitrogens with one attached hydrogen (secondary N) is 3. The van der Waals surface area contributed by atoms with Crippen LogP contribution in [0.15, 0.2) is 36.9 Å². The summed E-state index contributed by atoms with van der Waals surface area (Å²) in [6.07, 6.45) is 0.772. The first kappa shape index (κ1) is 27.0. The number of fused-ring (bicyclic) bond motifs is 1. The van der Waals surface area contributed by atoms with Crippen molar-refractivity contribution in [1.29, 1.82) is 5.26 Å². The Morgan fingerprint density at radius 1 is 1.28 bits per heavy atom. The zero-order valence-corrected chi connectivity index (χ0v) is 20.5. The molecule has 4 rings (SSSR count). The van der Waals surface area contributed by atoms with Crippen LogP contribution < -0.4 is 16.0 Å². The Labute approximate surface area is 218 Å². The van der Waals surface area contributed by atoms with Crippen molar-refractivity contribution < 1.29 is 27.2 Å². The van der Waals surface area contributed by atoms with Crippen LogP contribution in [0.4, 0.5) is 29.1 Å². The number of rotatable bonds is 9. The van der Waals surface area contributed by atoms with Gasteiger partial charge in [0.2, 0.25) is 6.41 Å². The number of aromatic nitrogens is 5. The van der Waals surface area contributed by atoms with E-state index in [0.29, 0.717) is 12.0 Å². The Balaban J connectivity index is 1.66. The minimum absolute atomic E-state index is 0.0551. The fourth-order valence-corrected chi connectivity index (χ4v) is 3.99. The number of anilines is 2. The van der Waals surface area contributed by atoms with Gasteiger partial charge in [0.25, 0.3) is 5.91 Å². The minimum Gasteiger partial charge on any atom is -0.357 e. The third-order valence-electron chi connectivity index (χ3n) is 5.63. The number of nitriles is 1. The van der Waals surface area contributed by atoms with Crippen molar-refractivity contribution >= 4 is 29.5 Å². The van der Waals surface area contributed by atoms with Crippen LogP contribution in [-0.4, -0.2) is 49.1 Å². The molecule has 1 aromatic carbocycles. The van der Waals surface area contributed by atoms with Crippen molar-refractivity contribution in [3.8, 4) is 17.3 Å². The molecule has 202 valence electrons. The first-order valence-corrected chi connectivity index (χ1v) is 11.4. The molecular weight excluding hydrogens is 522 g/mol. The third-order valence-corrected chi connectivity index (χ3v) is 5.63. The Morgan fingerprint density at radius 2 is 2.05 bits per heavy atom. The minimum atomic E-state index is -4.78. The smallest absolute Gasteiger partial charge is 0.357 e. The molecule has 4 aromatic rings. The van der Waals surface area contributed by atoms with E-state index in [1.54, 1.807) is 13.0 Å². The van der Waals surface area contributed by atoms with E-state index in [2.05, 4.69) is 31.0 Å². The molecule has 0 spiro atoms. The standard InChI is InChI=1S/C24H21F4N9O2/c1-13-7-15(8-17(25)19(13)23(39)33-14(2)9-30-12-38)34-21-22-32-10-18(37(22)6-4-31-21)16-11-36(5-3-29)35-20(16)24(26,27)28/h4,6-8,10-12,14H,5,9H2,1-2H3,(H,30,38)(H,31,34)(H,33,39). The summed E-state index contributed by atoms with van der Waals surface area (Å²) in [4.78, 5) is 31.4. The van der Waals surface area contributed by atoms with E-state index in [9.17, 15) is 27.2 Å². The van der Waals surface area contributed by atoms with Gasteiger partial charge in [-0.25, -0.2) is 14.4 Å². The number of halogens is 4. The van der Waals surface area contributed by atoms with Crippen molar-refractivity contribution in [1.82, 2.24) is 34.8 Å². The van der Waals surface area contributed by atoms with Crippen LogP contribution in [-0.2, 0) is 17.5 Å². The number of imidazole rings is 1. The second kappa shape index (κ2) is 10.8. The number of alkyl halides is 3. The lowest BCUT2D eigenvalue weighted by Crippen LogP contribution is -2.40. The summed E-state index contributed by atoms with van der Waals surface area (Å²) in [5, 5.41) is 20.3. The number of nitrogens with zero attached hydrogens (tertiary/aromatic N) is 6. The summed E-state index contributed by atoms with van der Waals surface area (Å²) in [6, 6.07) is 3.90. The molecule has 0 saturated carbocycles. The molecule has 39 heavy (non-hydrogen) atoms. The summed E-state index contributed by atoms with van der Waals surface area (Å²) >= 11 is 0. The van der Waals surface area contributed by atoms with Gasteiger partial charge in [-0.05, 0) is 31.5 Å². The fraction of sp³-hybridized carbons (Fsp3) is 0.250. The monoisotopic (exact) mass is 543 g/mol. The third kappa shape index (κ3) is 5.64. The topological polar surface area (TPSA) is 142 Å². The maximum Gasteiger partial charge on any atom is 0.435 e. The maximum atomic E-state index is 15.0. The van der Waals surface area contributed by atoms with E-state index < -0.39 is 29.6 Å². The molecule has 0 aliphatic heterocycles. The molecule has 15 heteroatoms. The molecule has 0 fully saturated rings. The molecule has 0 bridgehead atoms. The lowest BCUT2D eigenvalue weighted by molar-refractivity contribution is -0.141. The number of hydrogen-bond acceptors (Lipinski definition) is 7. The van der Waals surface area contributed by atoms with Gasteiger partial charge in [-0.3, -0.25) is 18.7 Å². The predicted molar refractivity (Wildman–Crippen MR) is 130 cm³/mol. The van der Waals surface area contributed by atoms with Crippen LogP contribution in [0.25, 0.3) is 16.9 Å². The average molecular weight is 543 g/mol. The van der Waals surface area contributed by atoms with Crippen LogP contribution in [0, 0.1) is 24.1 Å². The van der Waals surface area contributed by atoms with E-state index in [1.807, 2.05) is 0 Å². The molecule has 3 N–H and O–H groups in total. The van der Waals surface area contributed by atoms with Gasteiger partial charge in [0, 0.05) is 36.9 Å². The van der Waals surface area contributed by atoms with Gasteiger partial charge in [0.05, 0.1) is 29.1 Å². The number of hydrogen-bond donors (Lipinski definition) is 3. The van der Waals surface area contributed by atoms with Crippen molar-refractivity contribution in [2.75, 3.05) is 11.9 Å². The van der Waals surface area contributed by atoms with E-state index in [-0.39, 0.29) is 47.1 Å². The number of benzene rings is 1. The molecule has 2 amide bonds. The molecular formula is C24H21F4N9O2. The van der Waals surface area contributed by atoms with Crippen molar-refractivity contribution in [2.45, 2.75) is 32.6 Å². The maximum absolute atomic E-state index is 15.0. The molecule has 0 aliphatic carbocycles. The van der Waals surface area contributed by atoms with Crippen LogP contribution in [0.2, 0.25) is 0 Å². The highest BCUT2D eigenvalue weighted by molar-refractivity contribution is 5.96. The summed E-state index contributed by atoms with van der Waals surface area (Å²) in [5.74, 6) is -1.36. The highest BCUT2D eigenvalue weighted by Gasteiger charge is 2.38. The molecule has 0 radical (unpaired) electrons. The zero-order valence-electron chi connectivity index (χ0n) is 20.5. The first-order valence-electron chi connectivity index (χ1n) is 11.4. The van der Waals surface area contributed by atoms with Gasteiger partial charge in [-0.15, -0.1) is 0 Å². The van der Waals surface area contributed by atoms with Gasteiger partial charge in [-0.2, -0.15) is 23.5 Å². The fourth-order valence-electron chi connectivity index (χ4n) is 3.99. The van der Waals surface area contributed by atoms with Gasteiger partial charge < -0.3 is 16.0 Å². The Morgan fingerprint density at radius 3 is 2.72 bits per heavy atom. The molecule has 1 atom stereocenters. The summed E-state index contributed by atoms with van der Waals surface area (Å²) in [6.45, 7) is 2.98. The number of carbonyl (C=O) groups is 2. The number of amides is 2. The molecule has 0 aliphatic rings. The van der Waals surface area contributed by atoms with Gasteiger partial charge >= 0.3 is 6.18 Å². The average Bonchev–Trinajstić information content (AvgIpc) is 3.47. The van der Waals surface area contributed by atoms with Gasteiger partial charge in [-0.1, -0.05) is 0 Å². The van der Waals surface area contributed by atoms with Crippen molar-refractivity contribution in [3.05, 3.63) is 59.6 Å². The van der Waals surface area contributed by atoms with E-state index >= 15 is 0 Å². The van der Waals surface area contributed by atoms with E-state index in [4.69, 9.17) is 5.26 Å². The van der Waals surface area contributed by atoms with E-state index in [0.717, 1.165) is 16.9 Å². The van der Waals surface area contributed by atoms with E-state index in [1.165, 1.54) is 36.0 Å². The molecule has 3 aromatic heterocycles. The second-order valence-corrected chi connectivity index (χ2v) is 8.53. The predicted octanol–water partition coefficient (Wildman–Crippen LogP) is 3.19. The number of aryl methyl sites for hydroxylation is 1. The summed E-state index contributed by atoms with van der Waals surface area (Å²) in [7, 11) is 0. The molecule has 11 nitrogen and oxygen atoms in total. The van der Waals surface area contributed by atoms with Crippen LogP contribution in [0.5, 0.6) is 0 Å². The SMILES string of the molecule is Cc1cc(Nc2nccn3c(-c4cn(CC#N)nc4C(F)(F)F)cnc23)cc(F)c1C(=O)NC(C)CNC=O. The second-order valence-electron chi connectivity index (χ2n) is 8.53. The normalized spacial score (nSPS) is 12.1. The summed E-state index contributed by atoms with van der Waals surface area (Å²) < 4.78 is 58.2. The Kier molecular flexibility index (Phi) is 7.47.